The van der Waals surface area contributed by atoms with Crippen molar-refractivity contribution in [1.29, 1.82) is 0 Å². The van der Waals surface area contributed by atoms with Crippen LogP contribution in [0.4, 0.5) is 4.79 Å². The Morgan fingerprint density at radius 2 is 2.14 bits per heavy atom. The highest BCUT2D eigenvalue weighted by Crippen LogP contribution is 2.06. The number of carbonyl (C=O) groups is 1. The van der Waals surface area contributed by atoms with Gasteiger partial charge in [0.25, 0.3) is 0 Å². The monoisotopic (exact) mass is 204 g/mol. The van der Waals surface area contributed by atoms with Gasteiger partial charge in [-0.05, 0) is 25.7 Å². The highest BCUT2D eigenvalue weighted by atomic mass is 16.7. The van der Waals surface area contributed by atoms with Gasteiger partial charge in [0.2, 0.25) is 0 Å². The fraction of sp³-hybridized carbons (Fsp3) is 0.900. The summed E-state index contributed by atoms with van der Waals surface area (Å²) in [4.78, 5) is 10.6. The highest BCUT2D eigenvalue weighted by molar-refractivity contribution is 5.59. The Morgan fingerprint density at radius 1 is 1.43 bits per heavy atom. The first kappa shape index (κ1) is 13.2. The van der Waals surface area contributed by atoms with Crippen LogP contribution >= 0.6 is 0 Å². The van der Waals surface area contributed by atoms with Gasteiger partial charge in [-0.15, -0.1) is 0 Å². The molecule has 0 radical (unpaired) electrons. The maximum Gasteiger partial charge on any atom is 0.507 e. The van der Waals surface area contributed by atoms with Gasteiger partial charge in [0.15, 0.2) is 0 Å². The van der Waals surface area contributed by atoms with Crippen LogP contribution in [0.2, 0.25) is 0 Å². The second-order valence-electron chi connectivity index (χ2n) is 3.21. The molecule has 0 heterocycles. The minimum atomic E-state index is -0.610. The van der Waals surface area contributed by atoms with Crippen molar-refractivity contribution in [3.63, 3.8) is 0 Å². The van der Waals surface area contributed by atoms with Crippen LogP contribution in [0.1, 0.15) is 26.7 Å². The van der Waals surface area contributed by atoms with E-state index in [1.807, 2.05) is 13.8 Å². The summed E-state index contributed by atoms with van der Waals surface area (Å²) in [5.74, 6) is 0.356. The van der Waals surface area contributed by atoms with E-state index in [2.05, 4.69) is 4.74 Å². The van der Waals surface area contributed by atoms with E-state index in [9.17, 15) is 4.79 Å². The van der Waals surface area contributed by atoms with Gasteiger partial charge in [-0.25, -0.2) is 4.79 Å². The van der Waals surface area contributed by atoms with Gasteiger partial charge in [-0.1, -0.05) is 6.92 Å². The molecule has 4 heteroatoms. The van der Waals surface area contributed by atoms with Crippen LogP contribution in [0, 0.1) is 5.92 Å². The molecular weight excluding hydrogens is 184 g/mol. The lowest BCUT2D eigenvalue weighted by Gasteiger charge is -2.10. The molecule has 0 aromatic heterocycles. The average molecular weight is 204 g/mol. The van der Waals surface area contributed by atoms with E-state index in [1.54, 1.807) is 0 Å². The van der Waals surface area contributed by atoms with E-state index in [1.165, 1.54) is 7.11 Å². The predicted molar refractivity (Wildman–Crippen MR) is 53.2 cm³/mol. The molecule has 4 nitrogen and oxygen atoms in total. The first-order valence-electron chi connectivity index (χ1n) is 4.99. The largest absolute Gasteiger partial charge is 0.507 e. The maximum atomic E-state index is 10.6. The fourth-order valence-corrected chi connectivity index (χ4v) is 1.03. The summed E-state index contributed by atoms with van der Waals surface area (Å²) in [6, 6.07) is 0. The molecule has 0 fully saturated rings. The van der Waals surface area contributed by atoms with Crippen molar-refractivity contribution in [3.05, 3.63) is 0 Å². The molecule has 0 aromatic carbocycles. The van der Waals surface area contributed by atoms with Crippen molar-refractivity contribution in [2.75, 3.05) is 26.9 Å². The van der Waals surface area contributed by atoms with Gasteiger partial charge < -0.3 is 14.2 Å². The number of ether oxygens (including phenoxy) is 3. The normalized spacial score (nSPS) is 12.2. The molecule has 0 amide bonds. The molecule has 84 valence electrons. The van der Waals surface area contributed by atoms with E-state index in [-0.39, 0.29) is 0 Å². The van der Waals surface area contributed by atoms with Crippen LogP contribution in [0.15, 0.2) is 0 Å². The summed E-state index contributed by atoms with van der Waals surface area (Å²) in [5, 5.41) is 0. The smallest absolute Gasteiger partial charge is 0.438 e. The predicted octanol–water partition coefficient (Wildman–Crippen LogP) is 2.22. The molecule has 0 saturated heterocycles. The van der Waals surface area contributed by atoms with Crippen molar-refractivity contribution in [1.82, 2.24) is 0 Å². The zero-order valence-electron chi connectivity index (χ0n) is 9.25. The highest BCUT2D eigenvalue weighted by Gasteiger charge is 2.06. The van der Waals surface area contributed by atoms with Crippen LogP contribution in [0.3, 0.4) is 0 Å². The Balaban J connectivity index is 3.27. The Labute approximate surface area is 85.5 Å². The summed E-state index contributed by atoms with van der Waals surface area (Å²) in [5.41, 5.74) is 0. The molecule has 0 aromatic rings. The molecule has 0 aliphatic rings. The molecule has 0 saturated carbocycles. The fourth-order valence-electron chi connectivity index (χ4n) is 1.03. The second-order valence-corrected chi connectivity index (χ2v) is 3.21. The van der Waals surface area contributed by atoms with Gasteiger partial charge in [0, 0.05) is 13.2 Å². The SMILES string of the molecule is CCOCCCC(C)COC(=O)OC. The van der Waals surface area contributed by atoms with Gasteiger partial charge in [-0.3, -0.25) is 0 Å². The number of rotatable bonds is 7. The molecule has 0 aliphatic carbocycles. The number of hydrogen-bond acceptors (Lipinski definition) is 4. The lowest BCUT2D eigenvalue weighted by molar-refractivity contribution is 0.0590. The van der Waals surface area contributed by atoms with Crippen LogP contribution in [0.5, 0.6) is 0 Å². The number of carbonyl (C=O) groups excluding carboxylic acids is 1. The van der Waals surface area contributed by atoms with Crippen molar-refractivity contribution < 1.29 is 19.0 Å². The summed E-state index contributed by atoms with van der Waals surface area (Å²) in [6.07, 6.45) is 1.39. The number of hydrogen-bond donors (Lipinski definition) is 0. The Kier molecular flexibility index (Phi) is 8.33. The Bertz CT molecular complexity index is 147. The molecule has 1 atom stereocenters. The van der Waals surface area contributed by atoms with Crippen LogP contribution in [-0.2, 0) is 14.2 Å². The Hall–Kier alpha value is -0.770. The number of methoxy groups -OCH3 is 1. The molecule has 0 spiro atoms. The van der Waals surface area contributed by atoms with Gasteiger partial charge in [0.1, 0.15) is 0 Å². The topological polar surface area (TPSA) is 44.8 Å². The standard InChI is InChI=1S/C10H20O4/c1-4-13-7-5-6-9(2)8-14-10(11)12-3/h9H,4-8H2,1-3H3. The summed E-state index contributed by atoms with van der Waals surface area (Å²) in [6.45, 7) is 5.96. The molecule has 0 N–H and O–H groups in total. The van der Waals surface area contributed by atoms with Crippen LogP contribution in [-0.4, -0.2) is 33.1 Å². The van der Waals surface area contributed by atoms with Crippen molar-refractivity contribution >= 4 is 6.16 Å². The minimum Gasteiger partial charge on any atom is -0.438 e. The molecule has 1 unspecified atom stereocenters. The third-order valence-electron chi connectivity index (χ3n) is 1.84. The first-order valence-corrected chi connectivity index (χ1v) is 4.99. The third kappa shape index (κ3) is 7.86. The summed E-state index contributed by atoms with van der Waals surface area (Å²) >= 11 is 0. The van der Waals surface area contributed by atoms with E-state index in [0.29, 0.717) is 12.5 Å². The molecule has 14 heavy (non-hydrogen) atoms. The third-order valence-corrected chi connectivity index (χ3v) is 1.84. The zero-order valence-corrected chi connectivity index (χ0v) is 9.25. The van der Waals surface area contributed by atoms with E-state index in [4.69, 9.17) is 9.47 Å². The molecule has 0 aliphatic heterocycles. The Morgan fingerprint density at radius 3 is 2.71 bits per heavy atom. The zero-order chi connectivity index (χ0) is 10.8. The lowest BCUT2D eigenvalue weighted by atomic mass is 10.1. The van der Waals surface area contributed by atoms with Crippen LogP contribution < -0.4 is 0 Å². The second kappa shape index (κ2) is 8.81. The van der Waals surface area contributed by atoms with E-state index in [0.717, 1.165) is 26.1 Å². The van der Waals surface area contributed by atoms with E-state index >= 15 is 0 Å². The minimum absolute atomic E-state index is 0.356. The van der Waals surface area contributed by atoms with Gasteiger partial charge >= 0.3 is 6.16 Å². The summed E-state index contributed by atoms with van der Waals surface area (Å²) < 4.78 is 14.4. The average Bonchev–Trinajstić information content (AvgIpc) is 2.21. The van der Waals surface area contributed by atoms with Gasteiger partial charge in [0.05, 0.1) is 13.7 Å². The van der Waals surface area contributed by atoms with Crippen LogP contribution in [0.25, 0.3) is 0 Å². The molecule has 0 bridgehead atoms. The maximum absolute atomic E-state index is 10.6. The quantitative estimate of drug-likeness (QED) is 0.471. The van der Waals surface area contributed by atoms with Gasteiger partial charge in [-0.2, -0.15) is 0 Å². The van der Waals surface area contributed by atoms with Crippen molar-refractivity contribution in [3.8, 4) is 0 Å². The first-order chi connectivity index (χ1) is 6.70. The van der Waals surface area contributed by atoms with Crippen molar-refractivity contribution in [2.24, 2.45) is 5.92 Å². The van der Waals surface area contributed by atoms with Crippen molar-refractivity contribution in [2.45, 2.75) is 26.7 Å². The summed E-state index contributed by atoms with van der Waals surface area (Å²) in [7, 11) is 1.31. The molecular formula is C10H20O4. The van der Waals surface area contributed by atoms with E-state index < -0.39 is 6.16 Å². The molecule has 0 rings (SSSR count). The lowest BCUT2D eigenvalue weighted by Crippen LogP contribution is -2.12.